The molecule has 0 radical (unpaired) electrons. The fraction of sp³-hybridized carbons (Fsp3) is 0.714. The molecule has 102 valence electrons. The quantitative estimate of drug-likeness (QED) is 0.728. The second-order valence-electron chi connectivity index (χ2n) is 5.14. The summed E-state index contributed by atoms with van der Waals surface area (Å²) in [4.78, 5) is 1.37. The molecule has 0 amide bonds. The van der Waals surface area contributed by atoms with E-state index in [0.717, 1.165) is 14.7 Å². The van der Waals surface area contributed by atoms with Crippen molar-refractivity contribution in [3.05, 3.63) is 19.8 Å². The van der Waals surface area contributed by atoms with Gasteiger partial charge >= 0.3 is 0 Å². The minimum absolute atomic E-state index is 0.469. The van der Waals surface area contributed by atoms with Crippen LogP contribution in [0.2, 0.25) is 4.34 Å². The van der Waals surface area contributed by atoms with Gasteiger partial charge in [-0.05, 0) is 47.8 Å². The number of hydrogen-bond acceptors (Lipinski definition) is 2. The lowest BCUT2D eigenvalue weighted by molar-refractivity contribution is 0.302. The van der Waals surface area contributed by atoms with E-state index in [4.69, 9.17) is 11.6 Å². The molecule has 0 saturated heterocycles. The maximum absolute atomic E-state index is 6.17. The van der Waals surface area contributed by atoms with Crippen LogP contribution >= 0.6 is 38.9 Å². The van der Waals surface area contributed by atoms with Crippen LogP contribution in [0.15, 0.2) is 10.5 Å². The van der Waals surface area contributed by atoms with Gasteiger partial charge in [0.1, 0.15) is 4.34 Å². The molecule has 1 N–H and O–H groups in total. The van der Waals surface area contributed by atoms with E-state index in [9.17, 15) is 0 Å². The lowest BCUT2D eigenvalue weighted by Crippen LogP contribution is -2.25. The number of rotatable bonds is 3. The molecule has 1 atom stereocenters. The third-order valence-corrected chi connectivity index (χ3v) is 6.46. The van der Waals surface area contributed by atoms with Crippen molar-refractivity contribution >= 4 is 38.9 Å². The third-order valence-electron chi connectivity index (χ3n) is 3.90. The van der Waals surface area contributed by atoms with E-state index in [0.29, 0.717) is 6.04 Å². The average Bonchev–Trinajstić information content (AvgIpc) is 2.62. The van der Waals surface area contributed by atoms with E-state index in [1.54, 1.807) is 11.3 Å². The summed E-state index contributed by atoms with van der Waals surface area (Å²) < 4.78 is 1.91. The molecule has 2 rings (SSSR count). The molecule has 1 aliphatic rings. The highest BCUT2D eigenvalue weighted by molar-refractivity contribution is 9.10. The topological polar surface area (TPSA) is 12.0 Å². The van der Waals surface area contributed by atoms with E-state index in [1.165, 1.54) is 49.8 Å². The van der Waals surface area contributed by atoms with Crippen molar-refractivity contribution in [2.24, 2.45) is 5.92 Å². The monoisotopic (exact) mass is 349 g/mol. The fourth-order valence-electron chi connectivity index (χ4n) is 2.95. The van der Waals surface area contributed by atoms with Crippen molar-refractivity contribution < 1.29 is 0 Å². The molecule has 1 aromatic rings. The zero-order valence-corrected chi connectivity index (χ0v) is 14.0. The zero-order chi connectivity index (χ0) is 13.0. The van der Waals surface area contributed by atoms with Gasteiger partial charge in [0.05, 0.1) is 0 Å². The van der Waals surface area contributed by atoms with Gasteiger partial charge < -0.3 is 5.32 Å². The highest BCUT2D eigenvalue weighted by Crippen LogP contribution is 2.40. The van der Waals surface area contributed by atoms with Gasteiger partial charge in [-0.25, -0.2) is 0 Å². The van der Waals surface area contributed by atoms with Gasteiger partial charge in [-0.2, -0.15) is 0 Å². The third kappa shape index (κ3) is 3.72. The van der Waals surface area contributed by atoms with Gasteiger partial charge in [0, 0.05) is 15.4 Å². The predicted molar refractivity (Wildman–Crippen MR) is 84.6 cm³/mol. The van der Waals surface area contributed by atoms with Gasteiger partial charge in [0.15, 0.2) is 0 Å². The Kier molecular flexibility index (Phi) is 5.99. The van der Waals surface area contributed by atoms with E-state index in [1.807, 2.05) is 0 Å². The summed E-state index contributed by atoms with van der Waals surface area (Å²) in [5.74, 6) is 0.761. The summed E-state index contributed by atoms with van der Waals surface area (Å²) in [6.07, 6.45) is 9.68. The summed E-state index contributed by atoms with van der Waals surface area (Å²) in [5, 5.41) is 3.51. The molecule has 1 nitrogen and oxygen atoms in total. The summed E-state index contributed by atoms with van der Waals surface area (Å²) in [6, 6.07) is 2.66. The molecular formula is C14H21BrClNS. The smallest absolute Gasteiger partial charge is 0.107 e. The van der Waals surface area contributed by atoms with Crippen LogP contribution < -0.4 is 5.32 Å². The lowest BCUT2D eigenvalue weighted by Gasteiger charge is -2.27. The maximum Gasteiger partial charge on any atom is 0.107 e. The van der Waals surface area contributed by atoms with Crippen molar-refractivity contribution in [1.82, 2.24) is 5.32 Å². The minimum Gasteiger partial charge on any atom is -0.312 e. The van der Waals surface area contributed by atoms with Crippen LogP contribution in [0.5, 0.6) is 0 Å². The number of thiophene rings is 1. The molecule has 1 saturated carbocycles. The predicted octanol–water partition coefficient (Wildman–Crippen LogP) is 5.79. The second kappa shape index (κ2) is 7.28. The van der Waals surface area contributed by atoms with Crippen LogP contribution in [0.1, 0.15) is 55.9 Å². The van der Waals surface area contributed by atoms with E-state index < -0.39 is 0 Å². The van der Waals surface area contributed by atoms with Crippen molar-refractivity contribution in [1.29, 1.82) is 0 Å². The molecular weight excluding hydrogens is 330 g/mol. The summed E-state index contributed by atoms with van der Waals surface area (Å²) >= 11 is 11.4. The van der Waals surface area contributed by atoms with E-state index in [2.05, 4.69) is 34.4 Å². The Balaban J connectivity index is 2.10. The summed E-state index contributed by atoms with van der Waals surface area (Å²) in [7, 11) is 2.07. The number of nitrogens with one attached hydrogen (secondary N) is 1. The van der Waals surface area contributed by atoms with Crippen LogP contribution in [-0.2, 0) is 0 Å². The van der Waals surface area contributed by atoms with Crippen LogP contribution in [-0.4, -0.2) is 7.05 Å². The van der Waals surface area contributed by atoms with Crippen molar-refractivity contribution in [3.8, 4) is 0 Å². The van der Waals surface area contributed by atoms with Crippen molar-refractivity contribution in [3.63, 3.8) is 0 Å². The molecule has 4 heteroatoms. The Morgan fingerprint density at radius 1 is 1.28 bits per heavy atom. The first-order chi connectivity index (χ1) is 8.72. The van der Waals surface area contributed by atoms with Crippen LogP contribution in [0.4, 0.5) is 0 Å². The highest BCUT2D eigenvalue weighted by Gasteiger charge is 2.24. The molecule has 1 fully saturated rings. The summed E-state index contributed by atoms with van der Waals surface area (Å²) in [5.41, 5.74) is 0. The Hall–Kier alpha value is 0.430. The standard InChI is InChI=1S/C14H21BrClNS/c1-17-13(12-9-11(15)14(16)18-12)10-7-5-3-2-4-6-8-10/h9-10,13,17H,2-8H2,1H3. The molecule has 1 aliphatic carbocycles. The SMILES string of the molecule is CNC(c1cc(Br)c(Cl)s1)C1CCCCCCC1. The van der Waals surface area contributed by atoms with Gasteiger partial charge in [-0.3, -0.25) is 0 Å². The molecule has 0 aliphatic heterocycles. The number of hydrogen-bond donors (Lipinski definition) is 1. The molecule has 0 bridgehead atoms. The lowest BCUT2D eigenvalue weighted by atomic mass is 9.85. The largest absolute Gasteiger partial charge is 0.312 e. The first-order valence-corrected chi connectivity index (χ1v) is 8.83. The number of halogens is 2. The zero-order valence-electron chi connectivity index (χ0n) is 10.8. The van der Waals surface area contributed by atoms with E-state index >= 15 is 0 Å². The molecule has 0 spiro atoms. The van der Waals surface area contributed by atoms with Crippen LogP contribution in [0.3, 0.4) is 0 Å². The first kappa shape index (κ1) is 14.8. The Morgan fingerprint density at radius 3 is 2.39 bits per heavy atom. The molecule has 18 heavy (non-hydrogen) atoms. The molecule has 1 unspecified atom stereocenters. The van der Waals surface area contributed by atoms with Crippen LogP contribution in [0.25, 0.3) is 0 Å². The average molecular weight is 351 g/mol. The maximum atomic E-state index is 6.17. The van der Waals surface area contributed by atoms with Crippen molar-refractivity contribution in [2.75, 3.05) is 7.05 Å². The Morgan fingerprint density at radius 2 is 1.89 bits per heavy atom. The minimum atomic E-state index is 0.469. The van der Waals surface area contributed by atoms with Gasteiger partial charge in [0.25, 0.3) is 0 Å². The second-order valence-corrected chi connectivity index (χ2v) is 7.68. The molecule has 0 aromatic carbocycles. The van der Waals surface area contributed by atoms with Crippen LogP contribution in [0, 0.1) is 5.92 Å². The summed E-state index contributed by atoms with van der Waals surface area (Å²) in [6.45, 7) is 0. The fourth-order valence-corrected chi connectivity index (χ4v) is 4.89. The molecule has 1 heterocycles. The first-order valence-electron chi connectivity index (χ1n) is 6.84. The van der Waals surface area contributed by atoms with Gasteiger partial charge in [-0.15, -0.1) is 11.3 Å². The van der Waals surface area contributed by atoms with Crippen molar-refractivity contribution in [2.45, 2.75) is 51.0 Å². The molecule has 1 aromatic heterocycles. The highest BCUT2D eigenvalue weighted by atomic mass is 79.9. The Labute approximate surface area is 127 Å². The Bertz CT molecular complexity index is 352. The normalized spacial score (nSPS) is 20.4. The van der Waals surface area contributed by atoms with Gasteiger partial charge in [-0.1, -0.05) is 43.7 Å². The van der Waals surface area contributed by atoms with E-state index in [-0.39, 0.29) is 0 Å². The van der Waals surface area contributed by atoms with Gasteiger partial charge in [0.2, 0.25) is 0 Å².